The Hall–Kier alpha value is -3.35. The van der Waals surface area contributed by atoms with Crippen molar-refractivity contribution in [3.8, 4) is 0 Å². The molecule has 3 amide bonds. The van der Waals surface area contributed by atoms with Crippen LogP contribution in [-0.4, -0.2) is 40.5 Å². The minimum atomic E-state index is -0.857. The van der Waals surface area contributed by atoms with Gasteiger partial charge in [0.25, 0.3) is 5.91 Å². The quantitative estimate of drug-likeness (QED) is 0.475. The number of ether oxygens (including phenoxy) is 1. The number of hydrogen-bond donors (Lipinski definition) is 2. The van der Waals surface area contributed by atoms with Crippen molar-refractivity contribution in [2.75, 3.05) is 5.32 Å². The molecule has 7 heteroatoms. The molecular formula is C30H41N3O4. The molecule has 1 aliphatic rings. The molecule has 0 aliphatic heterocycles. The van der Waals surface area contributed by atoms with Gasteiger partial charge in [0, 0.05) is 11.7 Å². The number of aryl methyl sites for hydroxylation is 2. The Labute approximate surface area is 221 Å². The van der Waals surface area contributed by atoms with Gasteiger partial charge < -0.3 is 20.3 Å². The molecule has 0 saturated heterocycles. The summed E-state index contributed by atoms with van der Waals surface area (Å²) >= 11 is 0. The number of rotatable bonds is 8. The average molecular weight is 508 g/mol. The molecule has 7 nitrogen and oxygen atoms in total. The molecule has 2 N–H and O–H groups in total. The molecule has 200 valence electrons. The van der Waals surface area contributed by atoms with Gasteiger partial charge >= 0.3 is 6.09 Å². The Bertz CT molecular complexity index is 1140. The molecule has 1 fully saturated rings. The van der Waals surface area contributed by atoms with E-state index in [1.165, 1.54) is 0 Å². The van der Waals surface area contributed by atoms with Crippen LogP contribution in [0, 0.1) is 25.7 Å². The number of carbonyl (C=O) groups excluding carboxylic acids is 3. The van der Waals surface area contributed by atoms with Crippen LogP contribution in [0.2, 0.25) is 0 Å². The standard InChI is InChI=1S/C30H41N3O4/c1-18(2)25(32-29(36)37-30(6,7)8)28(35)33(24-17-21(24)5)26(22-15-11-9-13-19(22)3)27(34)31-23-16-12-10-14-20(23)4/h9-16,18,21,24-26H,17H2,1-8H3,(H,31,34)(H,32,36). The van der Waals surface area contributed by atoms with Gasteiger partial charge in [-0.05, 0) is 75.6 Å². The second kappa shape index (κ2) is 11.4. The van der Waals surface area contributed by atoms with E-state index in [2.05, 4.69) is 17.6 Å². The van der Waals surface area contributed by atoms with E-state index in [1.807, 2.05) is 76.2 Å². The lowest BCUT2D eigenvalue weighted by Crippen LogP contribution is -2.55. The molecule has 37 heavy (non-hydrogen) atoms. The Kier molecular flexibility index (Phi) is 8.67. The molecule has 2 aromatic rings. The number of carbonyl (C=O) groups is 3. The molecule has 3 rings (SSSR count). The summed E-state index contributed by atoms with van der Waals surface area (Å²) in [6.07, 6.45) is 0.142. The highest BCUT2D eigenvalue weighted by atomic mass is 16.6. The normalized spacial score (nSPS) is 18.5. The van der Waals surface area contributed by atoms with Crippen LogP contribution in [0.5, 0.6) is 0 Å². The van der Waals surface area contributed by atoms with E-state index >= 15 is 0 Å². The molecule has 0 aromatic heterocycles. The average Bonchev–Trinajstić information content (AvgIpc) is 3.51. The number of nitrogens with one attached hydrogen (secondary N) is 2. The predicted octanol–water partition coefficient (Wildman–Crippen LogP) is 5.77. The van der Waals surface area contributed by atoms with Crippen molar-refractivity contribution in [2.24, 2.45) is 11.8 Å². The van der Waals surface area contributed by atoms with Crippen molar-refractivity contribution < 1.29 is 19.1 Å². The third-order valence-electron chi connectivity index (χ3n) is 6.70. The fourth-order valence-electron chi connectivity index (χ4n) is 4.51. The zero-order valence-electron chi connectivity index (χ0n) is 23.3. The molecule has 4 atom stereocenters. The number of benzene rings is 2. The molecular weight excluding hydrogens is 466 g/mol. The summed E-state index contributed by atoms with van der Waals surface area (Å²) in [5.41, 5.74) is 2.62. The SMILES string of the molecule is Cc1ccccc1NC(=O)C(c1ccccc1C)N(C(=O)C(NC(=O)OC(C)(C)C)C(C)C)C1CC1C. The summed E-state index contributed by atoms with van der Waals surface area (Å²) < 4.78 is 5.45. The number of amides is 3. The maximum atomic E-state index is 14.2. The third kappa shape index (κ3) is 7.12. The van der Waals surface area contributed by atoms with Crippen molar-refractivity contribution in [3.05, 3.63) is 65.2 Å². The Morgan fingerprint density at radius 2 is 1.54 bits per heavy atom. The zero-order chi connectivity index (χ0) is 27.5. The summed E-state index contributed by atoms with van der Waals surface area (Å²) in [6, 6.07) is 13.4. The molecule has 2 aromatic carbocycles. The maximum absolute atomic E-state index is 14.2. The minimum absolute atomic E-state index is 0.110. The first kappa shape index (κ1) is 28.2. The summed E-state index contributed by atoms with van der Waals surface area (Å²) in [5.74, 6) is -0.538. The van der Waals surface area contributed by atoms with Crippen LogP contribution in [0.15, 0.2) is 48.5 Å². The smallest absolute Gasteiger partial charge is 0.408 e. The van der Waals surface area contributed by atoms with Crippen LogP contribution >= 0.6 is 0 Å². The highest BCUT2D eigenvalue weighted by Gasteiger charge is 2.49. The lowest BCUT2D eigenvalue weighted by Gasteiger charge is -2.36. The van der Waals surface area contributed by atoms with E-state index in [9.17, 15) is 14.4 Å². The lowest BCUT2D eigenvalue weighted by molar-refractivity contribution is -0.142. The first-order valence-corrected chi connectivity index (χ1v) is 13.0. The van der Waals surface area contributed by atoms with Gasteiger partial charge in [-0.15, -0.1) is 0 Å². The van der Waals surface area contributed by atoms with Crippen LogP contribution in [-0.2, 0) is 14.3 Å². The van der Waals surface area contributed by atoms with Gasteiger partial charge in [0.15, 0.2) is 0 Å². The molecule has 1 aliphatic carbocycles. The van der Waals surface area contributed by atoms with Crippen molar-refractivity contribution in [2.45, 2.75) is 85.5 Å². The topological polar surface area (TPSA) is 87.7 Å². The predicted molar refractivity (Wildman–Crippen MR) is 146 cm³/mol. The number of para-hydroxylation sites is 1. The highest BCUT2D eigenvalue weighted by Crippen LogP contribution is 2.42. The second-order valence-electron chi connectivity index (χ2n) is 11.5. The van der Waals surface area contributed by atoms with Crippen molar-refractivity contribution >= 4 is 23.6 Å². The van der Waals surface area contributed by atoms with Crippen LogP contribution in [0.4, 0.5) is 10.5 Å². The van der Waals surface area contributed by atoms with Gasteiger partial charge in [-0.3, -0.25) is 9.59 Å². The number of anilines is 1. The van der Waals surface area contributed by atoms with Crippen LogP contribution in [0.25, 0.3) is 0 Å². The fourth-order valence-corrected chi connectivity index (χ4v) is 4.51. The van der Waals surface area contributed by atoms with Crippen molar-refractivity contribution in [1.29, 1.82) is 0 Å². The Morgan fingerprint density at radius 3 is 2.05 bits per heavy atom. The van der Waals surface area contributed by atoms with Gasteiger partial charge in [0.2, 0.25) is 5.91 Å². The molecule has 0 bridgehead atoms. The summed E-state index contributed by atoms with van der Waals surface area (Å²) in [5, 5.41) is 5.85. The summed E-state index contributed by atoms with van der Waals surface area (Å²) in [6.45, 7) is 15.0. The van der Waals surface area contributed by atoms with Crippen molar-refractivity contribution in [3.63, 3.8) is 0 Å². The van der Waals surface area contributed by atoms with E-state index in [0.717, 1.165) is 23.1 Å². The number of alkyl carbamates (subject to hydrolysis) is 1. The Balaban J connectivity index is 2.03. The summed E-state index contributed by atoms with van der Waals surface area (Å²) in [4.78, 5) is 42.6. The largest absolute Gasteiger partial charge is 0.444 e. The van der Waals surface area contributed by atoms with Gasteiger partial charge in [-0.25, -0.2) is 4.79 Å². The molecule has 1 saturated carbocycles. The molecule has 0 heterocycles. The minimum Gasteiger partial charge on any atom is -0.444 e. The van der Waals surface area contributed by atoms with Crippen molar-refractivity contribution in [1.82, 2.24) is 10.2 Å². The van der Waals surface area contributed by atoms with Crippen LogP contribution in [0.3, 0.4) is 0 Å². The van der Waals surface area contributed by atoms with Gasteiger partial charge in [-0.1, -0.05) is 63.2 Å². The summed E-state index contributed by atoms with van der Waals surface area (Å²) in [7, 11) is 0. The van der Waals surface area contributed by atoms with E-state index in [4.69, 9.17) is 4.74 Å². The Morgan fingerprint density at radius 1 is 0.973 bits per heavy atom. The van der Waals surface area contributed by atoms with E-state index in [1.54, 1.807) is 25.7 Å². The first-order valence-electron chi connectivity index (χ1n) is 13.0. The maximum Gasteiger partial charge on any atom is 0.408 e. The number of hydrogen-bond acceptors (Lipinski definition) is 4. The van der Waals surface area contributed by atoms with E-state index < -0.39 is 23.8 Å². The van der Waals surface area contributed by atoms with Crippen LogP contribution in [0.1, 0.15) is 70.7 Å². The first-order chi connectivity index (χ1) is 17.3. The van der Waals surface area contributed by atoms with E-state index in [-0.39, 0.29) is 29.7 Å². The van der Waals surface area contributed by atoms with E-state index in [0.29, 0.717) is 5.69 Å². The molecule has 4 unspecified atom stereocenters. The lowest BCUT2D eigenvalue weighted by atomic mass is 9.95. The van der Waals surface area contributed by atoms with Gasteiger partial charge in [0.05, 0.1) is 0 Å². The third-order valence-corrected chi connectivity index (χ3v) is 6.70. The monoisotopic (exact) mass is 507 g/mol. The van der Waals surface area contributed by atoms with Crippen LogP contribution < -0.4 is 10.6 Å². The highest BCUT2D eigenvalue weighted by molar-refractivity contribution is 5.99. The van der Waals surface area contributed by atoms with Gasteiger partial charge in [-0.2, -0.15) is 0 Å². The molecule has 0 spiro atoms. The zero-order valence-corrected chi connectivity index (χ0v) is 23.3. The van der Waals surface area contributed by atoms with Gasteiger partial charge in [0.1, 0.15) is 17.7 Å². The fraction of sp³-hybridized carbons (Fsp3) is 0.500. The second-order valence-corrected chi connectivity index (χ2v) is 11.5. The molecule has 0 radical (unpaired) electrons. The number of nitrogens with zero attached hydrogens (tertiary/aromatic N) is 1.